The number of hydrogen-bond donors (Lipinski definition) is 1. The molecule has 0 aliphatic carbocycles. The van der Waals surface area contributed by atoms with E-state index < -0.39 is 0 Å². The fourth-order valence-corrected chi connectivity index (χ4v) is 3.46. The first-order valence-corrected chi connectivity index (χ1v) is 10.2. The van der Waals surface area contributed by atoms with Gasteiger partial charge in [0.15, 0.2) is 11.5 Å². The number of anilines is 2. The van der Waals surface area contributed by atoms with Gasteiger partial charge in [0.1, 0.15) is 0 Å². The Balaban J connectivity index is 1.66. The van der Waals surface area contributed by atoms with Gasteiger partial charge in [-0.1, -0.05) is 17.7 Å². The number of ether oxygens (including phenoxy) is 3. The summed E-state index contributed by atoms with van der Waals surface area (Å²) in [6.07, 6.45) is 0.107. The van der Waals surface area contributed by atoms with E-state index in [1.54, 1.807) is 0 Å². The smallest absolute Gasteiger partial charge is 0.161 e. The summed E-state index contributed by atoms with van der Waals surface area (Å²) >= 11 is 6.52. The lowest BCUT2D eigenvalue weighted by molar-refractivity contribution is 0.122. The quantitative estimate of drug-likeness (QED) is 0.672. The third-order valence-corrected chi connectivity index (χ3v) is 4.77. The summed E-state index contributed by atoms with van der Waals surface area (Å²) in [4.78, 5) is 2.26. The minimum Gasteiger partial charge on any atom is -0.490 e. The van der Waals surface area contributed by atoms with Gasteiger partial charge in [-0.15, -0.1) is 0 Å². The number of halogens is 1. The Kier molecular flexibility index (Phi) is 7.29. The van der Waals surface area contributed by atoms with Gasteiger partial charge in [0.2, 0.25) is 0 Å². The van der Waals surface area contributed by atoms with Gasteiger partial charge in [0, 0.05) is 25.3 Å². The van der Waals surface area contributed by atoms with E-state index in [1.807, 2.05) is 39.0 Å². The van der Waals surface area contributed by atoms with Crippen LogP contribution in [0, 0.1) is 0 Å². The van der Waals surface area contributed by atoms with Crippen LogP contribution in [-0.4, -0.2) is 39.0 Å². The van der Waals surface area contributed by atoms with Crippen molar-refractivity contribution in [3.05, 3.63) is 47.0 Å². The predicted molar refractivity (Wildman–Crippen MR) is 115 cm³/mol. The van der Waals surface area contributed by atoms with Crippen molar-refractivity contribution in [3.8, 4) is 11.5 Å². The van der Waals surface area contributed by atoms with Crippen LogP contribution in [0.25, 0.3) is 0 Å². The van der Waals surface area contributed by atoms with Crippen molar-refractivity contribution in [2.45, 2.75) is 33.4 Å². The van der Waals surface area contributed by atoms with Gasteiger partial charge < -0.3 is 24.4 Å². The van der Waals surface area contributed by atoms with Gasteiger partial charge >= 0.3 is 0 Å². The second kappa shape index (κ2) is 9.89. The maximum atomic E-state index is 6.52. The fraction of sp³-hybridized carbons (Fsp3) is 0.455. The monoisotopic (exact) mass is 404 g/mol. The number of rotatable bonds is 8. The largest absolute Gasteiger partial charge is 0.490 e. The third-order valence-electron chi connectivity index (χ3n) is 4.47. The van der Waals surface area contributed by atoms with Crippen LogP contribution in [0.15, 0.2) is 36.4 Å². The summed E-state index contributed by atoms with van der Waals surface area (Å²) in [6, 6.07) is 12.2. The van der Waals surface area contributed by atoms with E-state index in [9.17, 15) is 0 Å². The zero-order chi connectivity index (χ0) is 19.9. The van der Waals surface area contributed by atoms with Crippen molar-refractivity contribution < 1.29 is 14.2 Å². The van der Waals surface area contributed by atoms with Crippen LogP contribution in [-0.2, 0) is 11.3 Å². The van der Waals surface area contributed by atoms with E-state index >= 15 is 0 Å². The van der Waals surface area contributed by atoms with E-state index in [0.29, 0.717) is 13.2 Å². The molecule has 1 saturated heterocycles. The molecule has 0 atom stereocenters. The normalized spacial score (nSPS) is 14.2. The van der Waals surface area contributed by atoms with Crippen molar-refractivity contribution in [1.82, 2.24) is 0 Å². The van der Waals surface area contributed by atoms with E-state index in [4.69, 9.17) is 25.8 Å². The van der Waals surface area contributed by atoms with Crippen LogP contribution >= 0.6 is 11.6 Å². The highest BCUT2D eigenvalue weighted by Crippen LogP contribution is 2.31. The number of benzene rings is 2. The molecule has 1 N–H and O–H groups in total. The van der Waals surface area contributed by atoms with Crippen LogP contribution < -0.4 is 19.7 Å². The Bertz CT molecular complexity index is 776. The van der Waals surface area contributed by atoms with E-state index in [2.05, 4.69) is 28.4 Å². The summed E-state index contributed by atoms with van der Waals surface area (Å²) in [7, 11) is 0. The summed E-state index contributed by atoms with van der Waals surface area (Å²) < 4.78 is 17.0. The SMILES string of the molecule is CCOc1cc(CNc2ccc(N3CCOCC3)c(Cl)c2)ccc1OC(C)C. The highest BCUT2D eigenvalue weighted by molar-refractivity contribution is 6.33. The minimum absolute atomic E-state index is 0.107. The molecule has 0 saturated carbocycles. The highest BCUT2D eigenvalue weighted by atomic mass is 35.5. The second-order valence-electron chi connectivity index (χ2n) is 7.00. The summed E-state index contributed by atoms with van der Waals surface area (Å²) in [6.45, 7) is 10.5. The standard InChI is InChI=1S/C22H29ClN2O3/c1-4-27-22-13-17(5-8-21(22)28-16(2)3)15-24-18-6-7-20(19(23)14-18)25-9-11-26-12-10-25/h5-8,13-14,16,24H,4,9-12,15H2,1-3H3. The van der Waals surface area contributed by atoms with Crippen LogP contribution in [0.1, 0.15) is 26.3 Å². The molecule has 2 aromatic carbocycles. The van der Waals surface area contributed by atoms with Crippen LogP contribution in [0.5, 0.6) is 11.5 Å². The number of nitrogens with one attached hydrogen (secondary N) is 1. The highest BCUT2D eigenvalue weighted by Gasteiger charge is 2.14. The van der Waals surface area contributed by atoms with Crippen molar-refractivity contribution in [1.29, 1.82) is 0 Å². The molecule has 5 nitrogen and oxygen atoms in total. The molecule has 2 aromatic rings. The lowest BCUT2D eigenvalue weighted by Gasteiger charge is -2.29. The molecule has 0 unspecified atom stereocenters. The average molecular weight is 405 g/mol. The Hall–Kier alpha value is -2.11. The molecule has 1 aliphatic heterocycles. The Morgan fingerprint density at radius 3 is 2.57 bits per heavy atom. The molecule has 1 fully saturated rings. The summed E-state index contributed by atoms with van der Waals surface area (Å²) in [5.41, 5.74) is 3.17. The fourth-order valence-electron chi connectivity index (χ4n) is 3.16. The van der Waals surface area contributed by atoms with E-state index in [0.717, 1.165) is 59.8 Å². The van der Waals surface area contributed by atoms with Crippen LogP contribution in [0.3, 0.4) is 0 Å². The van der Waals surface area contributed by atoms with Gasteiger partial charge in [0.05, 0.1) is 36.6 Å². The predicted octanol–water partition coefficient (Wildman–Crippen LogP) is 4.97. The maximum Gasteiger partial charge on any atom is 0.161 e. The number of morpholine rings is 1. The molecule has 28 heavy (non-hydrogen) atoms. The van der Waals surface area contributed by atoms with Crippen LogP contribution in [0.4, 0.5) is 11.4 Å². The Labute approximate surface area is 172 Å². The Morgan fingerprint density at radius 1 is 1.11 bits per heavy atom. The van der Waals surface area contributed by atoms with Crippen molar-refractivity contribution >= 4 is 23.0 Å². The van der Waals surface area contributed by atoms with Crippen molar-refractivity contribution in [2.75, 3.05) is 43.1 Å². The van der Waals surface area contributed by atoms with Gasteiger partial charge in [-0.25, -0.2) is 0 Å². The van der Waals surface area contributed by atoms with Gasteiger partial charge in [0.25, 0.3) is 0 Å². The van der Waals surface area contributed by atoms with Gasteiger partial charge in [-0.2, -0.15) is 0 Å². The minimum atomic E-state index is 0.107. The molecule has 0 spiro atoms. The molecule has 0 aromatic heterocycles. The van der Waals surface area contributed by atoms with Crippen LogP contribution in [0.2, 0.25) is 5.02 Å². The molecule has 0 amide bonds. The first kappa shape index (κ1) is 20.6. The lowest BCUT2D eigenvalue weighted by Crippen LogP contribution is -2.36. The molecule has 0 bridgehead atoms. The molecule has 1 aliphatic rings. The zero-order valence-corrected chi connectivity index (χ0v) is 17.6. The van der Waals surface area contributed by atoms with Crippen molar-refractivity contribution in [3.63, 3.8) is 0 Å². The van der Waals surface area contributed by atoms with E-state index in [1.165, 1.54) is 0 Å². The number of hydrogen-bond acceptors (Lipinski definition) is 5. The molecule has 1 heterocycles. The Morgan fingerprint density at radius 2 is 1.89 bits per heavy atom. The zero-order valence-electron chi connectivity index (χ0n) is 16.8. The molecular weight excluding hydrogens is 376 g/mol. The molecular formula is C22H29ClN2O3. The van der Waals surface area contributed by atoms with Gasteiger partial charge in [-0.05, 0) is 56.7 Å². The maximum absolute atomic E-state index is 6.52. The molecule has 152 valence electrons. The molecule has 6 heteroatoms. The summed E-state index contributed by atoms with van der Waals surface area (Å²) in [5, 5.41) is 4.19. The molecule has 3 rings (SSSR count). The lowest BCUT2D eigenvalue weighted by atomic mass is 10.2. The first-order valence-electron chi connectivity index (χ1n) is 9.85. The van der Waals surface area contributed by atoms with Crippen molar-refractivity contribution in [2.24, 2.45) is 0 Å². The first-order chi connectivity index (χ1) is 13.6. The topological polar surface area (TPSA) is 43.0 Å². The molecule has 0 radical (unpaired) electrons. The van der Waals surface area contributed by atoms with Gasteiger partial charge in [-0.3, -0.25) is 0 Å². The number of nitrogens with zero attached hydrogens (tertiary/aromatic N) is 1. The average Bonchev–Trinajstić information content (AvgIpc) is 2.69. The second-order valence-corrected chi connectivity index (χ2v) is 7.41. The summed E-state index contributed by atoms with van der Waals surface area (Å²) in [5.74, 6) is 1.55. The van der Waals surface area contributed by atoms with E-state index in [-0.39, 0.29) is 6.10 Å². The third kappa shape index (κ3) is 5.46.